The molecule has 0 radical (unpaired) electrons. The average molecular weight is 258 g/mol. The van der Waals surface area contributed by atoms with Crippen LogP contribution in [0.5, 0.6) is 0 Å². The van der Waals surface area contributed by atoms with Crippen molar-refractivity contribution in [2.24, 2.45) is 11.8 Å². The predicted molar refractivity (Wildman–Crippen MR) is 79.8 cm³/mol. The normalized spacial score (nSPS) is 26.1. The van der Waals surface area contributed by atoms with Crippen LogP contribution in [-0.2, 0) is 0 Å². The van der Waals surface area contributed by atoms with Crippen molar-refractivity contribution in [2.75, 3.05) is 31.1 Å². The minimum atomic E-state index is 0.700. The smallest absolute Gasteiger partial charge is 0.0161 e. The van der Waals surface area contributed by atoms with Crippen molar-refractivity contribution in [3.63, 3.8) is 0 Å². The second-order valence-electron chi connectivity index (χ2n) is 5.93. The Hall–Kier alpha value is 0.270. The second-order valence-corrected chi connectivity index (χ2v) is 7.08. The molecule has 1 rings (SSSR count). The van der Waals surface area contributed by atoms with Crippen molar-refractivity contribution in [3.05, 3.63) is 0 Å². The molecule has 3 heteroatoms. The Morgan fingerprint density at radius 3 is 2.53 bits per heavy atom. The molecule has 0 spiro atoms. The average Bonchev–Trinajstić information content (AvgIpc) is 2.28. The summed E-state index contributed by atoms with van der Waals surface area (Å²) < 4.78 is 0. The molecule has 1 heterocycles. The summed E-state index contributed by atoms with van der Waals surface area (Å²) in [6.45, 7) is 15.2. The number of hydrogen-bond donors (Lipinski definition) is 1. The van der Waals surface area contributed by atoms with E-state index in [1.807, 2.05) is 0 Å². The molecule has 17 heavy (non-hydrogen) atoms. The summed E-state index contributed by atoms with van der Waals surface area (Å²) in [4.78, 5) is 2.69. The zero-order valence-electron chi connectivity index (χ0n) is 12.2. The summed E-state index contributed by atoms with van der Waals surface area (Å²) in [5.74, 6) is 4.10. The van der Waals surface area contributed by atoms with Gasteiger partial charge >= 0.3 is 0 Å². The van der Waals surface area contributed by atoms with Crippen molar-refractivity contribution in [1.82, 2.24) is 10.2 Å². The van der Waals surface area contributed by atoms with Crippen LogP contribution in [0.25, 0.3) is 0 Å². The minimum Gasteiger partial charge on any atom is -0.316 e. The van der Waals surface area contributed by atoms with Crippen molar-refractivity contribution < 1.29 is 0 Å². The SMILES string of the molecule is CC(C)CNCC(C)C(C)N1CCSCC1C. The molecule has 3 unspecified atom stereocenters. The Kier molecular flexibility index (Phi) is 6.90. The molecule has 1 fully saturated rings. The maximum Gasteiger partial charge on any atom is 0.0161 e. The van der Waals surface area contributed by atoms with Crippen molar-refractivity contribution >= 4 is 11.8 Å². The Balaban J connectivity index is 2.31. The Bertz CT molecular complexity index is 208. The molecule has 0 aromatic rings. The number of hydrogen-bond acceptors (Lipinski definition) is 3. The standard InChI is InChI=1S/C14H30N2S/c1-11(2)8-15-9-12(3)14(5)16-6-7-17-10-13(16)4/h11-15H,6-10H2,1-5H3. The topological polar surface area (TPSA) is 15.3 Å². The van der Waals surface area contributed by atoms with E-state index in [0.29, 0.717) is 6.04 Å². The molecule has 2 nitrogen and oxygen atoms in total. The van der Waals surface area contributed by atoms with Gasteiger partial charge in [0.25, 0.3) is 0 Å². The van der Waals surface area contributed by atoms with E-state index in [0.717, 1.165) is 31.0 Å². The Morgan fingerprint density at radius 2 is 1.94 bits per heavy atom. The second kappa shape index (κ2) is 7.65. The highest BCUT2D eigenvalue weighted by atomic mass is 32.2. The first-order chi connectivity index (χ1) is 8.02. The summed E-state index contributed by atoms with van der Waals surface area (Å²) in [7, 11) is 0. The van der Waals surface area contributed by atoms with Gasteiger partial charge in [0.2, 0.25) is 0 Å². The summed E-state index contributed by atoms with van der Waals surface area (Å²) in [6.07, 6.45) is 0. The third-order valence-corrected chi connectivity index (χ3v) is 4.97. The molecule has 0 aromatic heterocycles. The van der Waals surface area contributed by atoms with Crippen LogP contribution in [0.1, 0.15) is 34.6 Å². The van der Waals surface area contributed by atoms with E-state index in [-0.39, 0.29) is 0 Å². The van der Waals surface area contributed by atoms with Gasteiger partial charge in [-0.3, -0.25) is 4.90 Å². The van der Waals surface area contributed by atoms with Gasteiger partial charge < -0.3 is 5.32 Å². The molecule has 1 N–H and O–H groups in total. The van der Waals surface area contributed by atoms with Crippen molar-refractivity contribution in [2.45, 2.75) is 46.7 Å². The third-order valence-electron chi connectivity index (χ3n) is 3.78. The van der Waals surface area contributed by atoms with Crippen LogP contribution < -0.4 is 5.32 Å². The summed E-state index contributed by atoms with van der Waals surface area (Å²) in [6, 6.07) is 1.45. The largest absolute Gasteiger partial charge is 0.316 e. The predicted octanol–water partition coefficient (Wildman–Crippen LogP) is 2.69. The quantitative estimate of drug-likeness (QED) is 0.788. The fraction of sp³-hybridized carbons (Fsp3) is 1.00. The van der Waals surface area contributed by atoms with E-state index in [2.05, 4.69) is 56.6 Å². The zero-order chi connectivity index (χ0) is 12.8. The molecule has 1 aliphatic rings. The van der Waals surface area contributed by atoms with Crippen LogP contribution in [0, 0.1) is 11.8 Å². The number of nitrogens with one attached hydrogen (secondary N) is 1. The van der Waals surface area contributed by atoms with Crippen LogP contribution >= 0.6 is 11.8 Å². The maximum atomic E-state index is 3.59. The summed E-state index contributed by atoms with van der Waals surface area (Å²) in [5.41, 5.74) is 0. The molecule has 1 aliphatic heterocycles. The van der Waals surface area contributed by atoms with Gasteiger partial charge in [-0.1, -0.05) is 20.8 Å². The van der Waals surface area contributed by atoms with Gasteiger partial charge in [0.15, 0.2) is 0 Å². The van der Waals surface area contributed by atoms with Crippen molar-refractivity contribution in [1.29, 1.82) is 0 Å². The summed E-state index contributed by atoms with van der Waals surface area (Å²) in [5, 5.41) is 3.59. The van der Waals surface area contributed by atoms with E-state index in [1.54, 1.807) is 0 Å². The van der Waals surface area contributed by atoms with Gasteiger partial charge in [-0.15, -0.1) is 0 Å². The van der Waals surface area contributed by atoms with Gasteiger partial charge in [0.1, 0.15) is 0 Å². The minimum absolute atomic E-state index is 0.700. The van der Waals surface area contributed by atoms with Crippen LogP contribution in [0.2, 0.25) is 0 Å². The maximum absolute atomic E-state index is 3.59. The number of rotatable bonds is 6. The molecule has 1 saturated heterocycles. The highest BCUT2D eigenvalue weighted by Gasteiger charge is 2.26. The number of nitrogens with zero attached hydrogens (tertiary/aromatic N) is 1. The van der Waals surface area contributed by atoms with Gasteiger partial charge in [-0.05, 0) is 38.8 Å². The van der Waals surface area contributed by atoms with Crippen LogP contribution in [0.3, 0.4) is 0 Å². The lowest BCUT2D eigenvalue weighted by Crippen LogP contribution is -2.49. The molecular weight excluding hydrogens is 228 g/mol. The Morgan fingerprint density at radius 1 is 1.24 bits per heavy atom. The first-order valence-electron chi connectivity index (χ1n) is 7.06. The van der Waals surface area contributed by atoms with E-state index in [1.165, 1.54) is 18.1 Å². The lowest BCUT2D eigenvalue weighted by atomic mass is 10.0. The third kappa shape index (κ3) is 5.19. The Labute approximate surface area is 112 Å². The molecule has 0 saturated carbocycles. The van der Waals surface area contributed by atoms with E-state index in [9.17, 15) is 0 Å². The van der Waals surface area contributed by atoms with E-state index in [4.69, 9.17) is 0 Å². The van der Waals surface area contributed by atoms with Crippen LogP contribution in [0.4, 0.5) is 0 Å². The molecule has 0 bridgehead atoms. The van der Waals surface area contributed by atoms with E-state index < -0.39 is 0 Å². The van der Waals surface area contributed by atoms with Gasteiger partial charge in [-0.25, -0.2) is 0 Å². The molecular formula is C14H30N2S. The molecule has 0 aromatic carbocycles. The number of thioether (sulfide) groups is 1. The molecule has 0 amide bonds. The first kappa shape index (κ1) is 15.3. The van der Waals surface area contributed by atoms with Gasteiger partial charge in [0, 0.05) is 30.1 Å². The van der Waals surface area contributed by atoms with Crippen molar-refractivity contribution in [3.8, 4) is 0 Å². The summed E-state index contributed by atoms with van der Waals surface area (Å²) >= 11 is 2.10. The lowest BCUT2D eigenvalue weighted by molar-refractivity contribution is 0.130. The van der Waals surface area contributed by atoms with E-state index >= 15 is 0 Å². The monoisotopic (exact) mass is 258 g/mol. The van der Waals surface area contributed by atoms with Crippen LogP contribution in [0.15, 0.2) is 0 Å². The molecule has 0 aliphatic carbocycles. The highest BCUT2D eigenvalue weighted by molar-refractivity contribution is 7.99. The fourth-order valence-electron chi connectivity index (χ4n) is 2.44. The van der Waals surface area contributed by atoms with Gasteiger partial charge in [0.05, 0.1) is 0 Å². The molecule has 102 valence electrons. The fourth-order valence-corrected chi connectivity index (χ4v) is 3.48. The lowest BCUT2D eigenvalue weighted by Gasteiger charge is -2.40. The zero-order valence-corrected chi connectivity index (χ0v) is 13.0. The van der Waals surface area contributed by atoms with Crippen LogP contribution in [-0.4, -0.2) is 48.1 Å². The first-order valence-corrected chi connectivity index (χ1v) is 8.22. The van der Waals surface area contributed by atoms with Gasteiger partial charge in [-0.2, -0.15) is 11.8 Å². The molecule has 3 atom stereocenters. The highest BCUT2D eigenvalue weighted by Crippen LogP contribution is 2.21.